The number of rotatable bonds is 5. The number of nitrogens with one attached hydrogen (secondary N) is 1. The molecular weight excluding hydrogens is 296 g/mol. The maximum Gasteiger partial charge on any atom is 0.230 e. The highest BCUT2D eigenvalue weighted by Crippen LogP contribution is 2.18. The van der Waals surface area contributed by atoms with Gasteiger partial charge in [-0.3, -0.25) is 9.78 Å². The van der Waals surface area contributed by atoms with Gasteiger partial charge < -0.3 is 10.2 Å². The Bertz CT molecular complexity index is 608. The zero-order chi connectivity index (χ0) is 15.2. The molecule has 1 aliphatic heterocycles. The summed E-state index contributed by atoms with van der Waals surface area (Å²) >= 11 is 1.53. The smallest absolute Gasteiger partial charge is 0.230 e. The zero-order valence-corrected chi connectivity index (χ0v) is 13.0. The second-order valence-electron chi connectivity index (χ2n) is 5.16. The molecule has 1 fully saturated rings. The highest BCUT2D eigenvalue weighted by atomic mass is 32.2. The first-order chi connectivity index (χ1) is 10.8. The van der Waals surface area contributed by atoms with Crippen molar-refractivity contribution in [2.24, 2.45) is 0 Å². The van der Waals surface area contributed by atoms with E-state index in [2.05, 4.69) is 20.2 Å². The van der Waals surface area contributed by atoms with Crippen LogP contribution >= 0.6 is 11.8 Å². The maximum absolute atomic E-state index is 12.0. The van der Waals surface area contributed by atoms with E-state index in [0.29, 0.717) is 5.75 Å². The normalized spacial score (nSPS) is 17.5. The molecule has 0 aromatic carbocycles. The fourth-order valence-electron chi connectivity index (χ4n) is 2.48. The molecule has 6 heteroatoms. The van der Waals surface area contributed by atoms with E-state index >= 15 is 0 Å². The van der Waals surface area contributed by atoms with Crippen molar-refractivity contribution in [1.82, 2.24) is 15.3 Å². The summed E-state index contributed by atoms with van der Waals surface area (Å²) < 4.78 is 0. The third-order valence-electron chi connectivity index (χ3n) is 3.55. The third-order valence-corrected chi connectivity index (χ3v) is 4.56. The Hall–Kier alpha value is -2.08. The first kappa shape index (κ1) is 14.8. The van der Waals surface area contributed by atoms with Crippen LogP contribution in [0.1, 0.15) is 6.42 Å². The lowest BCUT2D eigenvalue weighted by Gasteiger charge is -2.17. The fraction of sp³-hybridized carbons (Fsp3) is 0.312. The summed E-state index contributed by atoms with van der Waals surface area (Å²) in [5, 5.41) is 3.10. The highest BCUT2D eigenvalue weighted by Gasteiger charge is 2.24. The quantitative estimate of drug-likeness (QED) is 0.855. The van der Waals surface area contributed by atoms with Crippen LogP contribution in [0.15, 0.2) is 53.8 Å². The summed E-state index contributed by atoms with van der Waals surface area (Å²) in [5.41, 5.74) is 0. The van der Waals surface area contributed by atoms with Crippen molar-refractivity contribution >= 4 is 23.5 Å². The average molecular weight is 314 g/mol. The van der Waals surface area contributed by atoms with Gasteiger partial charge in [0.25, 0.3) is 0 Å². The fourth-order valence-corrected chi connectivity index (χ4v) is 3.17. The largest absolute Gasteiger partial charge is 0.354 e. The van der Waals surface area contributed by atoms with Crippen LogP contribution in [0.3, 0.4) is 0 Å². The molecule has 1 atom stereocenters. The van der Waals surface area contributed by atoms with E-state index in [0.717, 1.165) is 30.2 Å². The van der Waals surface area contributed by atoms with Crippen LogP contribution in [0.4, 0.5) is 5.82 Å². The minimum absolute atomic E-state index is 0.0784. The first-order valence-electron chi connectivity index (χ1n) is 7.29. The summed E-state index contributed by atoms with van der Waals surface area (Å²) in [6, 6.07) is 9.93. The topological polar surface area (TPSA) is 58.1 Å². The predicted octanol–water partition coefficient (Wildman–Crippen LogP) is 1.96. The van der Waals surface area contributed by atoms with Gasteiger partial charge in [-0.2, -0.15) is 0 Å². The zero-order valence-electron chi connectivity index (χ0n) is 12.2. The van der Waals surface area contributed by atoms with Crippen LogP contribution in [0.5, 0.6) is 0 Å². The lowest BCUT2D eigenvalue weighted by molar-refractivity contribution is -0.119. The Balaban J connectivity index is 1.45. The molecule has 114 valence electrons. The van der Waals surface area contributed by atoms with Gasteiger partial charge in [0.05, 0.1) is 5.75 Å². The van der Waals surface area contributed by atoms with Crippen LogP contribution in [0, 0.1) is 0 Å². The van der Waals surface area contributed by atoms with Gasteiger partial charge in [-0.1, -0.05) is 6.07 Å². The molecule has 0 unspecified atom stereocenters. The van der Waals surface area contributed by atoms with E-state index < -0.39 is 0 Å². The molecule has 5 nitrogen and oxygen atoms in total. The summed E-state index contributed by atoms with van der Waals surface area (Å²) in [5.74, 6) is 1.49. The molecule has 0 spiro atoms. The minimum Gasteiger partial charge on any atom is -0.354 e. The monoisotopic (exact) mass is 314 g/mol. The molecule has 0 bridgehead atoms. The van der Waals surface area contributed by atoms with Crippen molar-refractivity contribution in [2.45, 2.75) is 17.4 Å². The van der Waals surface area contributed by atoms with E-state index in [4.69, 9.17) is 0 Å². The Morgan fingerprint density at radius 2 is 2.14 bits per heavy atom. The molecule has 2 aromatic heterocycles. The first-order valence-corrected chi connectivity index (χ1v) is 8.28. The van der Waals surface area contributed by atoms with Crippen LogP contribution in [-0.2, 0) is 4.79 Å². The third kappa shape index (κ3) is 3.98. The van der Waals surface area contributed by atoms with Gasteiger partial charge in [0.15, 0.2) is 0 Å². The number of pyridine rings is 2. The summed E-state index contributed by atoms with van der Waals surface area (Å²) in [6.45, 7) is 1.75. The molecule has 1 saturated heterocycles. The molecule has 0 saturated carbocycles. The lowest BCUT2D eigenvalue weighted by atomic mass is 10.2. The number of thioether (sulfide) groups is 1. The Morgan fingerprint density at radius 3 is 2.91 bits per heavy atom. The van der Waals surface area contributed by atoms with Crippen LogP contribution in [-0.4, -0.2) is 40.8 Å². The van der Waals surface area contributed by atoms with E-state index in [1.807, 2.05) is 30.3 Å². The molecule has 1 amide bonds. The molecule has 2 aromatic rings. The Labute approximate surface area is 134 Å². The number of carbonyl (C=O) groups is 1. The Morgan fingerprint density at radius 1 is 1.27 bits per heavy atom. The van der Waals surface area contributed by atoms with Crippen molar-refractivity contribution in [3.8, 4) is 0 Å². The molecule has 3 heterocycles. The van der Waals surface area contributed by atoms with Gasteiger partial charge in [-0.05, 0) is 30.7 Å². The Kier molecular flexibility index (Phi) is 4.90. The van der Waals surface area contributed by atoms with Crippen molar-refractivity contribution < 1.29 is 4.79 Å². The second-order valence-corrected chi connectivity index (χ2v) is 6.21. The molecule has 1 N–H and O–H groups in total. The average Bonchev–Trinajstić information content (AvgIpc) is 3.03. The number of anilines is 1. The number of carbonyl (C=O) groups excluding carboxylic acids is 1. The lowest BCUT2D eigenvalue weighted by Crippen LogP contribution is -2.38. The van der Waals surface area contributed by atoms with Gasteiger partial charge in [-0.25, -0.2) is 4.98 Å². The van der Waals surface area contributed by atoms with E-state index in [9.17, 15) is 4.79 Å². The predicted molar refractivity (Wildman–Crippen MR) is 88.0 cm³/mol. The number of hydrogen-bond acceptors (Lipinski definition) is 5. The molecule has 0 radical (unpaired) electrons. The molecule has 1 aliphatic rings. The van der Waals surface area contributed by atoms with Gasteiger partial charge in [0.2, 0.25) is 5.91 Å². The summed E-state index contributed by atoms with van der Waals surface area (Å²) in [7, 11) is 0. The van der Waals surface area contributed by atoms with Gasteiger partial charge in [-0.15, -0.1) is 11.8 Å². The maximum atomic E-state index is 12.0. The number of aromatic nitrogens is 2. The van der Waals surface area contributed by atoms with Crippen LogP contribution in [0.25, 0.3) is 0 Å². The van der Waals surface area contributed by atoms with E-state index in [1.54, 1.807) is 18.6 Å². The summed E-state index contributed by atoms with van der Waals surface area (Å²) in [4.78, 5) is 23.6. The van der Waals surface area contributed by atoms with Crippen molar-refractivity contribution in [1.29, 1.82) is 0 Å². The van der Waals surface area contributed by atoms with Crippen molar-refractivity contribution in [2.75, 3.05) is 23.7 Å². The van der Waals surface area contributed by atoms with Crippen LogP contribution < -0.4 is 10.2 Å². The van der Waals surface area contributed by atoms with Crippen molar-refractivity contribution in [3.63, 3.8) is 0 Å². The van der Waals surface area contributed by atoms with E-state index in [1.165, 1.54) is 11.8 Å². The number of nitrogens with zero attached hydrogens (tertiary/aromatic N) is 3. The van der Waals surface area contributed by atoms with Crippen molar-refractivity contribution in [3.05, 3.63) is 48.9 Å². The summed E-state index contributed by atoms with van der Waals surface area (Å²) in [6.07, 6.45) is 6.23. The minimum atomic E-state index is 0.0784. The molecule has 0 aliphatic carbocycles. The van der Waals surface area contributed by atoms with Crippen LogP contribution in [0.2, 0.25) is 0 Å². The standard InChI is InChI=1S/C16H18N4OS/c21-16(12-22-14-4-8-17-9-5-14)19-13-6-10-20(11-13)15-3-1-2-7-18-15/h1-5,7-9,13H,6,10-12H2,(H,19,21)/t13-/m0/s1. The highest BCUT2D eigenvalue weighted by molar-refractivity contribution is 8.00. The molecule has 22 heavy (non-hydrogen) atoms. The van der Waals surface area contributed by atoms with Gasteiger partial charge in [0, 0.05) is 42.6 Å². The molecular formula is C16H18N4OS. The number of hydrogen-bond donors (Lipinski definition) is 1. The SMILES string of the molecule is O=C(CSc1ccncc1)N[C@H]1CCN(c2ccccn2)C1. The second kappa shape index (κ2) is 7.26. The molecule has 3 rings (SSSR count). The van der Waals surface area contributed by atoms with E-state index in [-0.39, 0.29) is 11.9 Å². The van der Waals surface area contributed by atoms with Gasteiger partial charge >= 0.3 is 0 Å². The number of amides is 1. The van der Waals surface area contributed by atoms with Gasteiger partial charge in [0.1, 0.15) is 5.82 Å².